The van der Waals surface area contributed by atoms with Gasteiger partial charge in [0, 0.05) is 36.6 Å². The highest BCUT2D eigenvalue weighted by atomic mass is 35.5. The van der Waals surface area contributed by atoms with E-state index in [1.165, 1.54) is 25.7 Å². The van der Waals surface area contributed by atoms with Crippen LogP contribution in [0.4, 0.5) is 0 Å². The van der Waals surface area contributed by atoms with E-state index in [1.54, 1.807) is 18.2 Å². The van der Waals surface area contributed by atoms with Crippen LogP contribution in [0.25, 0.3) is 0 Å². The molecule has 0 spiro atoms. The molecule has 3 N–H and O–H groups in total. The number of hydrogen-bond donors (Lipinski definition) is 3. The molecule has 9 heteroatoms. The highest BCUT2D eigenvalue weighted by Gasteiger charge is 2.39. The Hall–Kier alpha value is -1.83. The van der Waals surface area contributed by atoms with Crippen LogP contribution in [0, 0.1) is 5.92 Å². The van der Waals surface area contributed by atoms with Gasteiger partial charge in [0.25, 0.3) is 0 Å². The van der Waals surface area contributed by atoms with Crippen LogP contribution in [0.5, 0.6) is 0 Å². The Morgan fingerprint density at radius 1 is 1.31 bits per heavy atom. The zero-order valence-electron chi connectivity index (χ0n) is 16.8. The SMILES string of the molecule is CC(=O)NC(C(=O)N1CCCC(C(=O)NCc2ccc(Cl)cc2Cl)C1)C(C)(C)O. The lowest BCUT2D eigenvalue weighted by Crippen LogP contribution is -2.60. The summed E-state index contributed by atoms with van der Waals surface area (Å²) >= 11 is 12.0. The minimum Gasteiger partial charge on any atom is -0.388 e. The van der Waals surface area contributed by atoms with E-state index < -0.39 is 23.5 Å². The first-order valence-corrected chi connectivity index (χ1v) is 10.2. The van der Waals surface area contributed by atoms with Gasteiger partial charge in [0.2, 0.25) is 17.7 Å². The van der Waals surface area contributed by atoms with Crippen LogP contribution in [-0.4, -0.2) is 52.5 Å². The van der Waals surface area contributed by atoms with Crippen LogP contribution in [-0.2, 0) is 20.9 Å². The van der Waals surface area contributed by atoms with Crippen molar-refractivity contribution in [1.29, 1.82) is 0 Å². The van der Waals surface area contributed by atoms with Crippen LogP contribution in [0.1, 0.15) is 39.2 Å². The minimum absolute atomic E-state index is 0.173. The predicted octanol–water partition coefficient (Wildman–Crippen LogP) is 2.12. The van der Waals surface area contributed by atoms with Crippen LogP contribution < -0.4 is 10.6 Å². The monoisotopic (exact) mass is 443 g/mol. The molecule has 2 rings (SSSR count). The molecule has 1 aromatic carbocycles. The van der Waals surface area contributed by atoms with E-state index in [4.69, 9.17) is 23.2 Å². The maximum absolute atomic E-state index is 12.9. The van der Waals surface area contributed by atoms with E-state index in [9.17, 15) is 19.5 Å². The molecular weight excluding hydrogens is 417 g/mol. The summed E-state index contributed by atoms with van der Waals surface area (Å²) in [6.07, 6.45) is 1.31. The van der Waals surface area contributed by atoms with Crippen LogP contribution in [0.2, 0.25) is 10.0 Å². The van der Waals surface area contributed by atoms with Crippen molar-refractivity contribution in [3.05, 3.63) is 33.8 Å². The Bertz CT molecular complexity index is 779. The number of piperidine rings is 1. The summed E-state index contributed by atoms with van der Waals surface area (Å²) in [6.45, 7) is 5.19. The number of likely N-dealkylation sites (tertiary alicyclic amines) is 1. The van der Waals surface area contributed by atoms with Crippen molar-refractivity contribution in [1.82, 2.24) is 15.5 Å². The minimum atomic E-state index is -1.43. The van der Waals surface area contributed by atoms with E-state index in [1.807, 2.05) is 0 Å². The smallest absolute Gasteiger partial charge is 0.248 e. The van der Waals surface area contributed by atoms with E-state index in [0.29, 0.717) is 29.4 Å². The van der Waals surface area contributed by atoms with Crippen molar-refractivity contribution in [3.63, 3.8) is 0 Å². The third-order valence-electron chi connectivity index (χ3n) is 4.87. The number of carbonyl (C=O) groups is 3. The molecule has 1 heterocycles. The van der Waals surface area contributed by atoms with Crippen molar-refractivity contribution in [2.75, 3.05) is 13.1 Å². The molecule has 7 nitrogen and oxygen atoms in total. The van der Waals surface area contributed by atoms with Gasteiger partial charge in [0.05, 0.1) is 11.5 Å². The number of nitrogens with zero attached hydrogens (tertiary/aromatic N) is 1. The molecule has 1 saturated heterocycles. The Morgan fingerprint density at radius 3 is 2.59 bits per heavy atom. The van der Waals surface area contributed by atoms with Gasteiger partial charge in [0.15, 0.2) is 0 Å². The molecule has 1 fully saturated rings. The number of halogens is 2. The van der Waals surface area contributed by atoms with E-state index >= 15 is 0 Å². The van der Waals surface area contributed by atoms with Gasteiger partial charge in [0.1, 0.15) is 6.04 Å². The molecular formula is C20H27Cl2N3O4. The van der Waals surface area contributed by atoms with Crippen molar-refractivity contribution in [2.24, 2.45) is 5.92 Å². The number of carbonyl (C=O) groups excluding carboxylic acids is 3. The van der Waals surface area contributed by atoms with Crippen LogP contribution in [0.15, 0.2) is 18.2 Å². The summed E-state index contributed by atoms with van der Waals surface area (Å²) in [5.74, 6) is -1.35. The van der Waals surface area contributed by atoms with E-state index in [0.717, 1.165) is 5.56 Å². The molecule has 1 aromatic rings. The first-order valence-electron chi connectivity index (χ1n) is 9.49. The third-order valence-corrected chi connectivity index (χ3v) is 5.46. The maximum Gasteiger partial charge on any atom is 0.248 e. The molecule has 0 saturated carbocycles. The Kier molecular flexibility index (Phi) is 7.91. The fourth-order valence-electron chi connectivity index (χ4n) is 3.31. The lowest BCUT2D eigenvalue weighted by atomic mass is 9.93. The van der Waals surface area contributed by atoms with Gasteiger partial charge in [-0.15, -0.1) is 0 Å². The lowest BCUT2D eigenvalue weighted by molar-refractivity contribution is -0.145. The van der Waals surface area contributed by atoms with Crippen molar-refractivity contribution in [2.45, 2.75) is 51.8 Å². The Morgan fingerprint density at radius 2 is 2.00 bits per heavy atom. The summed E-state index contributed by atoms with van der Waals surface area (Å²) in [4.78, 5) is 38.5. The molecule has 0 bridgehead atoms. The topological polar surface area (TPSA) is 98.7 Å². The Labute approximate surface area is 180 Å². The number of amides is 3. The quantitative estimate of drug-likeness (QED) is 0.626. The molecule has 1 aliphatic heterocycles. The summed E-state index contributed by atoms with van der Waals surface area (Å²) in [5, 5.41) is 16.7. The standard InChI is InChI=1S/C20H27Cl2N3O4/c1-12(26)24-17(20(2,3)29)19(28)25-8-4-5-14(11-25)18(27)23-10-13-6-7-15(21)9-16(13)22/h6-7,9,14,17,29H,4-5,8,10-11H2,1-3H3,(H,23,27)(H,24,26). The van der Waals surface area contributed by atoms with Gasteiger partial charge in [-0.2, -0.15) is 0 Å². The van der Waals surface area contributed by atoms with Gasteiger partial charge in [-0.1, -0.05) is 29.3 Å². The van der Waals surface area contributed by atoms with Crippen LogP contribution >= 0.6 is 23.2 Å². The molecule has 2 unspecified atom stereocenters. The van der Waals surface area contributed by atoms with Crippen molar-refractivity contribution >= 4 is 40.9 Å². The summed E-state index contributed by atoms with van der Waals surface area (Å²) in [5.41, 5.74) is -0.676. The second-order valence-corrected chi connectivity index (χ2v) is 8.71. The second-order valence-electron chi connectivity index (χ2n) is 7.86. The predicted molar refractivity (Wildman–Crippen MR) is 112 cm³/mol. The van der Waals surface area contributed by atoms with Gasteiger partial charge < -0.3 is 20.6 Å². The maximum atomic E-state index is 12.9. The number of nitrogens with one attached hydrogen (secondary N) is 2. The van der Waals surface area contributed by atoms with Crippen LogP contribution in [0.3, 0.4) is 0 Å². The average molecular weight is 444 g/mol. The second kappa shape index (κ2) is 9.78. The zero-order chi connectivity index (χ0) is 21.8. The first kappa shape index (κ1) is 23.4. The van der Waals surface area contributed by atoms with Gasteiger partial charge >= 0.3 is 0 Å². The number of rotatable bonds is 6. The van der Waals surface area contributed by atoms with Crippen molar-refractivity contribution < 1.29 is 19.5 Å². The molecule has 0 radical (unpaired) electrons. The van der Waals surface area contributed by atoms with Gasteiger partial charge in [-0.25, -0.2) is 0 Å². The van der Waals surface area contributed by atoms with Gasteiger partial charge in [-0.3, -0.25) is 14.4 Å². The van der Waals surface area contributed by atoms with Crippen molar-refractivity contribution in [3.8, 4) is 0 Å². The molecule has 160 valence electrons. The Balaban J connectivity index is 2.00. The summed E-state index contributed by atoms with van der Waals surface area (Å²) in [7, 11) is 0. The molecule has 0 aliphatic carbocycles. The zero-order valence-corrected chi connectivity index (χ0v) is 18.3. The fourth-order valence-corrected chi connectivity index (χ4v) is 3.78. The normalized spacial score (nSPS) is 18.1. The average Bonchev–Trinajstić information content (AvgIpc) is 2.63. The molecule has 3 amide bonds. The first-order chi connectivity index (χ1) is 13.5. The molecule has 1 aliphatic rings. The third kappa shape index (κ3) is 6.59. The van der Waals surface area contributed by atoms with E-state index in [2.05, 4.69) is 10.6 Å². The number of aliphatic hydroxyl groups is 1. The highest BCUT2D eigenvalue weighted by Crippen LogP contribution is 2.22. The lowest BCUT2D eigenvalue weighted by Gasteiger charge is -2.37. The largest absolute Gasteiger partial charge is 0.388 e. The molecule has 2 atom stereocenters. The number of benzene rings is 1. The summed E-state index contributed by atoms with van der Waals surface area (Å²) in [6, 6.07) is 4.00. The van der Waals surface area contributed by atoms with E-state index in [-0.39, 0.29) is 24.9 Å². The molecule has 29 heavy (non-hydrogen) atoms. The molecule has 0 aromatic heterocycles. The van der Waals surface area contributed by atoms with Gasteiger partial charge in [-0.05, 0) is 44.4 Å². The fraction of sp³-hybridized carbons (Fsp3) is 0.550. The highest BCUT2D eigenvalue weighted by molar-refractivity contribution is 6.35. The summed E-state index contributed by atoms with van der Waals surface area (Å²) < 4.78 is 0. The number of hydrogen-bond acceptors (Lipinski definition) is 4.